The third-order valence-electron chi connectivity index (χ3n) is 5.88. The number of halogens is 1. The van der Waals surface area contributed by atoms with E-state index >= 15 is 0 Å². The molecule has 2 aliphatic rings. The fourth-order valence-electron chi connectivity index (χ4n) is 4.25. The second-order valence-electron chi connectivity index (χ2n) is 8.07. The molecule has 6 nitrogen and oxygen atoms in total. The molecule has 1 heterocycles. The van der Waals surface area contributed by atoms with Gasteiger partial charge in [0.2, 0.25) is 5.91 Å². The monoisotopic (exact) mass is 423 g/mol. The quantitative estimate of drug-likeness (QED) is 0.707. The molecule has 0 aromatic heterocycles. The second kappa shape index (κ2) is 9.02. The summed E-state index contributed by atoms with van der Waals surface area (Å²) < 4.78 is 17.0. The molecular formula is C22H30ClNO5. The van der Waals surface area contributed by atoms with E-state index in [1.54, 1.807) is 0 Å². The molecule has 2 fully saturated rings. The zero-order valence-electron chi connectivity index (χ0n) is 17.4. The summed E-state index contributed by atoms with van der Waals surface area (Å²) in [4.78, 5) is 25.9. The van der Waals surface area contributed by atoms with Gasteiger partial charge in [-0.1, -0.05) is 18.5 Å². The van der Waals surface area contributed by atoms with Crippen molar-refractivity contribution < 1.29 is 23.8 Å². The summed E-state index contributed by atoms with van der Waals surface area (Å²) >= 11 is 6.10. The van der Waals surface area contributed by atoms with Gasteiger partial charge in [0.25, 0.3) is 0 Å². The number of carbonyl (C=O) groups is 2. The summed E-state index contributed by atoms with van der Waals surface area (Å²) in [6.45, 7) is 7.28. The van der Waals surface area contributed by atoms with E-state index < -0.39 is 11.3 Å². The van der Waals surface area contributed by atoms with Crippen LogP contribution in [0.15, 0.2) is 12.1 Å². The topological polar surface area (TPSA) is 73.9 Å². The first kappa shape index (κ1) is 22.1. The van der Waals surface area contributed by atoms with Crippen LogP contribution in [0.2, 0.25) is 5.02 Å². The minimum absolute atomic E-state index is 0.190. The molecule has 0 radical (unpaired) electrons. The Bertz CT molecular complexity index is 739. The van der Waals surface area contributed by atoms with Gasteiger partial charge < -0.3 is 19.5 Å². The molecule has 160 valence electrons. The standard InChI is InChI=1S/C22H30ClNO5/c1-4-9-27-20(26)21(5-7-22(8-6-21)28-10-11-29-22)24-19(25)14-18-15(2)12-17(23)13-16(18)3/h12-13H,4-11,14H2,1-3H3,(H,24,25). The summed E-state index contributed by atoms with van der Waals surface area (Å²) in [6, 6.07) is 3.70. The van der Waals surface area contributed by atoms with E-state index in [1.165, 1.54) is 0 Å². The number of esters is 1. The summed E-state index contributed by atoms with van der Waals surface area (Å²) in [5.41, 5.74) is 1.81. The van der Waals surface area contributed by atoms with Gasteiger partial charge in [0.1, 0.15) is 5.54 Å². The van der Waals surface area contributed by atoms with E-state index in [0.717, 1.165) is 23.1 Å². The minimum Gasteiger partial charge on any atom is -0.464 e. The van der Waals surface area contributed by atoms with E-state index in [1.807, 2.05) is 32.9 Å². The molecule has 3 rings (SSSR count). The van der Waals surface area contributed by atoms with Crippen molar-refractivity contribution >= 4 is 23.5 Å². The normalized spacial score (nSPS) is 19.9. The van der Waals surface area contributed by atoms with Crippen LogP contribution in [0.1, 0.15) is 55.7 Å². The Morgan fingerprint density at radius 1 is 1.10 bits per heavy atom. The van der Waals surface area contributed by atoms with E-state index in [0.29, 0.717) is 50.5 Å². The lowest BCUT2D eigenvalue weighted by atomic mass is 9.78. The number of hydrogen-bond donors (Lipinski definition) is 1. The highest BCUT2D eigenvalue weighted by Gasteiger charge is 2.51. The lowest BCUT2D eigenvalue weighted by Crippen LogP contribution is -2.59. The van der Waals surface area contributed by atoms with E-state index in [4.69, 9.17) is 25.8 Å². The number of amides is 1. The molecule has 29 heavy (non-hydrogen) atoms. The third-order valence-corrected chi connectivity index (χ3v) is 6.10. The molecule has 1 N–H and O–H groups in total. The molecule has 1 saturated carbocycles. The number of nitrogens with one attached hydrogen (secondary N) is 1. The van der Waals surface area contributed by atoms with Crippen LogP contribution in [0.4, 0.5) is 0 Å². The Morgan fingerprint density at radius 3 is 2.24 bits per heavy atom. The first-order valence-corrected chi connectivity index (χ1v) is 10.7. The number of hydrogen-bond acceptors (Lipinski definition) is 5. The molecule has 1 aromatic carbocycles. The molecule has 0 unspecified atom stereocenters. The van der Waals surface area contributed by atoms with Gasteiger partial charge in [0.05, 0.1) is 26.2 Å². The molecule has 7 heteroatoms. The number of aryl methyl sites for hydroxylation is 2. The molecule has 1 saturated heterocycles. The van der Waals surface area contributed by atoms with Crippen LogP contribution in [0.5, 0.6) is 0 Å². The Balaban J connectivity index is 1.75. The minimum atomic E-state index is -1.04. The van der Waals surface area contributed by atoms with E-state index in [2.05, 4.69) is 5.32 Å². The van der Waals surface area contributed by atoms with Crippen LogP contribution in [-0.4, -0.2) is 43.0 Å². The predicted molar refractivity (Wildman–Crippen MR) is 110 cm³/mol. The van der Waals surface area contributed by atoms with Crippen molar-refractivity contribution in [1.29, 1.82) is 0 Å². The van der Waals surface area contributed by atoms with Crippen molar-refractivity contribution in [2.24, 2.45) is 0 Å². The Kier molecular flexibility index (Phi) is 6.87. The van der Waals surface area contributed by atoms with E-state index in [-0.39, 0.29) is 18.3 Å². The van der Waals surface area contributed by atoms with Crippen molar-refractivity contribution in [2.75, 3.05) is 19.8 Å². The maximum absolute atomic E-state index is 13.0. The molecule has 1 aliphatic carbocycles. The Morgan fingerprint density at radius 2 is 1.69 bits per heavy atom. The SMILES string of the molecule is CCCOC(=O)C1(NC(=O)Cc2c(C)cc(Cl)cc2C)CCC2(CC1)OCCO2. The molecule has 0 bridgehead atoms. The molecule has 0 atom stereocenters. The van der Waals surface area contributed by atoms with Crippen molar-refractivity contribution in [3.63, 3.8) is 0 Å². The highest BCUT2D eigenvalue weighted by atomic mass is 35.5. The van der Waals surface area contributed by atoms with Gasteiger partial charge in [-0.3, -0.25) is 4.79 Å². The third kappa shape index (κ3) is 4.93. The van der Waals surface area contributed by atoms with Gasteiger partial charge in [-0.25, -0.2) is 4.79 Å². The van der Waals surface area contributed by atoms with Crippen molar-refractivity contribution in [2.45, 2.75) is 70.6 Å². The summed E-state index contributed by atoms with van der Waals surface area (Å²) in [7, 11) is 0. The number of carbonyl (C=O) groups excluding carboxylic acids is 2. The first-order chi connectivity index (χ1) is 13.8. The highest BCUT2D eigenvalue weighted by Crippen LogP contribution is 2.41. The van der Waals surface area contributed by atoms with Crippen LogP contribution in [0.25, 0.3) is 0 Å². The Labute approximate surface area is 177 Å². The summed E-state index contributed by atoms with van der Waals surface area (Å²) in [5, 5.41) is 3.66. The van der Waals surface area contributed by atoms with Gasteiger partial charge in [0.15, 0.2) is 5.79 Å². The fourth-order valence-corrected chi connectivity index (χ4v) is 4.57. The average molecular weight is 424 g/mol. The van der Waals surface area contributed by atoms with Crippen molar-refractivity contribution in [3.05, 3.63) is 33.8 Å². The molecular weight excluding hydrogens is 394 g/mol. The number of ether oxygens (including phenoxy) is 3. The molecule has 1 aliphatic heterocycles. The van der Waals surface area contributed by atoms with Crippen LogP contribution >= 0.6 is 11.6 Å². The Hall–Kier alpha value is -1.63. The summed E-state index contributed by atoms with van der Waals surface area (Å²) in [6.07, 6.45) is 2.88. The fraction of sp³-hybridized carbons (Fsp3) is 0.636. The number of rotatable bonds is 6. The lowest BCUT2D eigenvalue weighted by Gasteiger charge is -2.42. The molecule has 1 amide bonds. The largest absolute Gasteiger partial charge is 0.464 e. The van der Waals surface area contributed by atoms with Gasteiger partial charge >= 0.3 is 5.97 Å². The number of benzene rings is 1. The average Bonchev–Trinajstić information content (AvgIpc) is 3.13. The van der Waals surface area contributed by atoms with Gasteiger partial charge in [-0.15, -0.1) is 0 Å². The smallest absolute Gasteiger partial charge is 0.331 e. The van der Waals surface area contributed by atoms with Crippen LogP contribution in [0.3, 0.4) is 0 Å². The van der Waals surface area contributed by atoms with Crippen LogP contribution < -0.4 is 5.32 Å². The van der Waals surface area contributed by atoms with Crippen LogP contribution in [-0.2, 0) is 30.2 Å². The van der Waals surface area contributed by atoms with Crippen molar-refractivity contribution in [3.8, 4) is 0 Å². The zero-order chi connectivity index (χ0) is 21.1. The van der Waals surface area contributed by atoms with Gasteiger partial charge in [0, 0.05) is 17.9 Å². The van der Waals surface area contributed by atoms with Crippen LogP contribution in [0, 0.1) is 13.8 Å². The molecule has 1 spiro atoms. The maximum atomic E-state index is 13.0. The lowest BCUT2D eigenvalue weighted by molar-refractivity contribution is -0.193. The van der Waals surface area contributed by atoms with E-state index in [9.17, 15) is 9.59 Å². The zero-order valence-corrected chi connectivity index (χ0v) is 18.2. The summed E-state index contributed by atoms with van der Waals surface area (Å²) in [5.74, 6) is -1.19. The second-order valence-corrected chi connectivity index (χ2v) is 8.51. The first-order valence-electron chi connectivity index (χ1n) is 10.3. The predicted octanol–water partition coefficient (Wildman–Crippen LogP) is 3.62. The maximum Gasteiger partial charge on any atom is 0.331 e. The van der Waals surface area contributed by atoms with Gasteiger partial charge in [-0.2, -0.15) is 0 Å². The van der Waals surface area contributed by atoms with Crippen molar-refractivity contribution in [1.82, 2.24) is 5.32 Å². The molecule has 1 aromatic rings. The highest BCUT2D eigenvalue weighted by molar-refractivity contribution is 6.30. The van der Waals surface area contributed by atoms with Gasteiger partial charge in [-0.05, 0) is 61.9 Å².